The Kier molecular flexibility index (Phi) is 9.76. The van der Waals surface area contributed by atoms with Crippen LogP contribution in [0.25, 0.3) is 0 Å². The molecule has 0 amide bonds. The number of carbonyl (C=O) groups is 1. The van der Waals surface area contributed by atoms with Gasteiger partial charge in [-0.15, -0.1) is 0 Å². The topological polar surface area (TPSA) is 119 Å². The lowest BCUT2D eigenvalue weighted by Crippen LogP contribution is -2.48. The Labute approximate surface area is 260 Å². The van der Waals surface area contributed by atoms with E-state index < -0.39 is 21.2 Å². The lowest BCUT2D eigenvalue weighted by atomic mass is 9.69. The molecule has 1 saturated carbocycles. The third-order valence-electron chi connectivity index (χ3n) is 9.78. The normalized spacial score (nSPS) is 24.9. The zero-order valence-electron chi connectivity index (χ0n) is 25.0. The van der Waals surface area contributed by atoms with Crippen LogP contribution in [0.4, 0.5) is 5.69 Å². The molecule has 1 aliphatic heterocycles. The maximum atomic E-state index is 11.9. The van der Waals surface area contributed by atoms with Crippen LogP contribution < -0.4 is 14.8 Å². The molecule has 234 valence electrons. The van der Waals surface area contributed by atoms with Crippen LogP contribution in [-0.4, -0.2) is 57.7 Å². The molecule has 0 bridgehead atoms. The van der Waals surface area contributed by atoms with Crippen LogP contribution in [0.15, 0.2) is 48.6 Å². The number of carboxylic acids is 1. The summed E-state index contributed by atoms with van der Waals surface area (Å²) in [5.74, 6) is 0.490. The molecule has 0 radical (unpaired) electrons. The molecule has 5 atom stereocenters. The highest BCUT2D eigenvalue weighted by molar-refractivity contribution is 7.89. The average Bonchev–Trinajstić information content (AvgIpc) is 3.10. The van der Waals surface area contributed by atoms with Crippen molar-refractivity contribution in [3.63, 3.8) is 0 Å². The predicted octanol–water partition coefficient (Wildman–Crippen LogP) is 5.96. The van der Waals surface area contributed by atoms with Crippen molar-refractivity contribution in [2.45, 2.75) is 75.1 Å². The number of fused-ring (bicyclic) bond motifs is 3. The van der Waals surface area contributed by atoms with E-state index in [1.165, 1.54) is 11.1 Å². The van der Waals surface area contributed by atoms with Gasteiger partial charge in [-0.05, 0) is 105 Å². The van der Waals surface area contributed by atoms with Gasteiger partial charge in [-0.2, -0.15) is 0 Å². The quantitative estimate of drug-likeness (QED) is 0.294. The summed E-state index contributed by atoms with van der Waals surface area (Å²) in [6.07, 6.45) is 10.8. The SMILES string of the molecule is CC[C@H](CC[C@@H](/C=C/[C@@H]1CC[C@H]1CN1C[C@@]2(CCCc3cc(Cl)ccc32)COc2ccc(C(=O)O)cc21)OC)S(N)(=O)=O. The number of sulfonamides is 1. The number of ether oxygens (including phenoxy) is 2. The Hall–Kier alpha value is -2.59. The molecule has 1 fully saturated rings. The summed E-state index contributed by atoms with van der Waals surface area (Å²) in [6.45, 7) is 3.87. The summed E-state index contributed by atoms with van der Waals surface area (Å²) in [5.41, 5.74) is 3.39. The fourth-order valence-electron chi connectivity index (χ4n) is 7.12. The summed E-state index contributed by atoms with van der Waals surface area (Å²) in [6, 6.07) is 11.3. The molecule has 1 heterocycles. The number of aromatic carboxylic acids is 1. The molecule has 2 aliphatic carbocycles. The van der Waals surface area contributed by atoms with Crippen LogP contribution in [-0.2, 0) is 26.6 Å². The fraction of sp³-hybridized carbons (Fsp3) is 0.545. The molecule has 5 rings (SSSR count). The van der Waals surface area contributed by atoms with Crippen molar-refractivity contribution < 1.29 is 27.8 Å². The highest BCUT2D eigenvalue weighted by atomic mass is 35.5. The van der Waals surface area contributed by atoms with E-state index in [0.717, 1.165) is 55.9 Å². The molecule has 8 nitrogen and oxygen atoms in total. The minimum Gasteiger partial charge on any atom is -0.490 e. The monoisotopic (exact) mass is 630 g/mol. The molecule has 2 aromatic rings. The number of halogens is 1. The van der Waals surface area contributed by atoms with Gasteiger partial charge in [0.25, 0.3) is 0 Å². The Morgan fingerprint density at radius 1 is 1.26 bits per heavy atom. The third kappa shape index (κ3) is 7.06. The number of carboxylic acid groups (broad SMARTS) is 1. The first kappa shape index (κ1) is 31.8. The summed E-state index contributed by atoms with van der Waals surface area (Å²) < 4.78 is 35.8. The van der Waals surface area contributed by atoms with E-state index in [1.807, 2.05) is 13.0 Å². The number of hydrogen-bond donors (Lipinski definition) is 2. The van der Waals surface area contributed by atoms with E-state index in [1.54, 1.807) is 25.3 Å². The van der Waals surface area contributed by atoms with Crippen molar-refractivity contribution >= 4 is 33.3 Å². The van der Waals surface area contributed by atoms with Crippen LogP contribution >= 0.6 is 11.6 Å². The second-order valence-electron chi connectivity index (χ2n) is 12.4. The first-order valence-electron chi connectivity index (χ1n) is 15.3. The molecule has 3 aliphatic rings. The van der Waals surface area contributed by atoms with Gasteiger partial charge in [-0.3, -0.25) is 0 Å². The molecular formula is C33H43ClN2O6S. The number of benzene rings is 2. The molecule has 3 N–H and O–H groups in total. The van der Waals surface area contributed by atoms with E-state index in [2.05, 4.69) is 29.2 Å². The van der Waals surface area contributed by atoms with E-state index in [0.29, 0.717) is 43.5 Å². The number of nitrogens with zero attached hydrogens (tertiary/aromatic N) is 1. The number of nitrogens with two attached hydrogens (primary N) is 1. The summed E-state index contributed by atoms with van der Waals surface area (Å²) in [5, 5.41) is 15.3. The van der Waals surface area contributed by atoms with Gasteiger partial charge < -0.3 is 19.5 Å². The lowest BCUT2D eigenvalue weighted by Gasteiger charge is -2.44. The van der Waals surface area contributed by atoms with Gasteiger partial charge >= 0.3 is 5.97 Å². The Morgan fingerprint density at radius 3 is 2.74 bits per heavy atom. The lowest BCUT2D eigenvalue weighted by molar-refractivity contribution is 0.0697. The van der Waals surface area contributed by atoms with E-state index in [9.17, 15) is 18.3 Å². The second kappa shape index (κ2) is 13.2. The van der Waals surface area contributed by atoms with Gasteiger partial charge in [-0.25, -0.2) is 18.4 Å². The highest BCUT2D eigenvalue weighted by Crippen LogP contribution is 2.46. The molecule has 0 unspecified atom stereocenters. The molecule has 2 aromatic carbocycles. The Balaban J connectivity index is 1.37. The van der Waals surface area contributed by atoms with Gasteiger partial charge in [0.15, 0.2) is 0 Å². The van der Waals surface area contributed by atoms with Crippen molar-refractivity contribution in [3.8, 4) is 5.75 Å². The Morgan fingerprint density at radius 2 is 2.07 bits per heavy atom. The van der Waals surface area contributed by atoms with Gasteiger partial charge in [0.05, 0.1) is 29.2 Å². The standard InChI is InChI=1S/C33H43ClN2O6S/c1-3-28(43(35,39)40)13-12-27(41-2)11-8-22-6-7-25(22)19-36-20-33(16-4-5-23-17-26(34)10-14-29(23)33)21-42-31-15-9-24(32(37)38)18-30(31)36/h8-11,14-15,17-18,22,25,27-28H,3-7,12-13,16,19-21H2,1-2H3,(H,37,38)(H2,35,39,40)/b11-8+/t22-,25-,27+,28+,33-/m0/s1. The van der Waals surface area contributed by atoms with Gasteiger partial charge in [0.1, 0.15) is 5.75 Å². The number of primary sulfonamides is 1. The number of aryl methyl sites for hydroxylation is 1. The number of anilines is 1. The molecule has 0 aromatic heterocycles. The average molecular weight is 631 g/mol. The molecule has 0 saturated heterocycles. The van der Waals surface area contributed by atoms with Gasteiger partial charge in [0.2, 0.25) is 10.0 Å². The van der Waals surface area contributed by atoms with Crippen LogP contribution in [0.1, 0.15) is 73.4 Å². The van der Waals surface area contributed by atoms with Crippen molar-refractivity contribution in [1.82, 2.24) is 0 Å². The molecular weight excluding hydrogens is 588 g/mol. The van der Waals surface area contributed by atoms with Crippen molar-refractivity contribution in [2.75, 3.05) is 31.7 Å². The molecule has 10 heteroatoms. The van der Waals surface area contributed by atoms with Crippen LogP contribution in [0.5, 0.6) is 5.75 Å². The smallest absolute Gasteiger partial charge is 0.335 e. The maximum Gasteiger partial charge on any atom is 0.335 e. The first-order chi connectivity index (χ1) is 20.5. The zero-order chi connectivity index (χ0) is 30.8. The number of rotatable bonds is 11. The fourth-order valence-corrected chi connectivity index (χ4v) is 8.24. The summed E-state index contributed by atoms with van der Waals surface area (Å²) in [4.78, 5) is 14.3. The van der Waals surface area contributed by atoms with E-state index >= 15 is 0 Å². The second-order valence-corrected chi connectivity index (χ2v) is 14.7. The summed E-state index contributed by atoms with van der Waals surface area (Å²) in [7, 11) is -1.93. The van der Waals surface area contributed by atoms with Gasteiger partial charge in [0, 0.05) is 30.6 Å². The number of allylic oxidation sites excluding steroid dienone is 1. The number of methoxy groups -OCH3 is 1. The minimum atomic E-state index is -3.58. The van der Waals surface area contributed by atoms with Crippen molar-refractivity contribution in [1.29, 1.82) is 0 Å². The van der Waals surface area contributed by atoms with Crippen LogP contribution in [0.3, 0.4) is 0 Å². The van der Waals surface area contributed by atoms with Crippen molar-refractivity contribution in [2.24, 2.45) is 17.0 Å². The van der Waals surface area contributed by atoms with Crippen LogP contribution in [0, 0.1) is 11.8 Å². The Bertz CT molecular complexity index is 1460. The number of hydrogen-bond acceptors (Lipinski definition) is 6. The predicted molar refractivity (Wildman–Crippen MR) is 170 cm³/mol. The van der Waals surface area contributed by atoms with Crippen molar-refractivity contribution in [3.05, 3.63) is 70.3 Å². The summed E-state index contributed by atoms with van der Waals surface area (Å²) >= 11 is 6.38. The van der Waals surface area contributed by atoms with Crippen LogP contribution in [0.2, 0.25) is 5.02 Å². The molecule has 43 heavy (non-hydrogen) atoms. The van der Waals surface area contributed by atoms with E-state index in [4.69, 9.17) is 26.2 Å². The molecule has 1 spiro atoms. The zero-order valence-corrected chi connectivity index (χ0v) is 26.6. The maximum absolute atomic E-state index is 11.9. The minimum absolute atomic E-state index is 0.184. The highest BCUT2D eigenvalue weighted by Gasteiger charge is 2.43. The van der Waals surface area contributed by atoms with E-state index in [-0.39, 0.29) is 17.1 Å². The third-order valence-corrected chi connectivity index (χ3v) is 11.5. The largest absolute Gasteiger partial charge is 0.490 e. The first-order valence-corrected chi connectivity index (χ1v) is 17.3. The van der Waals surface area contributed by atoms with Gasteiger partial charge in [-0.1, -0.05) is 36.7 Å².